The van der Waals surface area contributed by atoms with Gasteiger partial charge in [-0.3, -0.25) is 18.9 Å². The monoisotopic (exact) mass is 580 g/mol. The molecule has 0 bridgehead atoms. The maximum atomic E-state index is 13.7. The van der Waals surface area contributed by atoms with Crippen LogP contribution in [0.1, 0.15) is 61.2 Å². The standard InChI is InChI=1S/C33H32N4O4S/c1-4-5-6-9-18-41-23-14-12-22(13-15-23)29-27(30(38)28-21(3)34-26-10-7-8-17-36(26)28)31(39)32(40)37(29)33-35-24-16-11-20(2)19-25(24)42-33/h7-8,10-17,19,29,38H,4-6,9,18H2,1-3H3/b30-27+. The molecule has 1 atom stereocenters. The third-order valence-corrected chi connectivity index (χ3v) is 8.59. The number of nitrogens with zero attached hydrogens (tertiary/aromatic N) is 4. The zero-order valence-electron chi connectivity index (χ0n) is 23.8. The van der Waals surface area contributed by atoms with Crippen molar-refractivity contribution in [1.82, 2.24) is 14.4 Å². The van der Waals surface area contributed by atoms with Crippen molar-refractivity contribution in [3.63, 3.8) is 0 Å². The Kier molecular flexibility index (Phi) is 7.51. The van der Waals surface area contributed by atoms with Crippen LogP contribution in [0.5, 0.6) is 5.75 Å². The molecule has 1 amide bonds. The molecule has 1 saturated heterocycles. The maximum Gasteiger partial charge on any atom is 0.301 e. The molecule has 6 rings (SSSR count). The van der Waals surface area contributed by atoms with Gasteiger partial charge >= 0.3 is 5.91 Å². The van der Waals surface area contributed by atoms with E-state index in [-0.39, 0.29) is 11.3 Å². The summed E-state index contributed by atoms with van der Waals surface area (Å²) in [5.74, 6) is -1.07. The number of unbranched alkanes of at least 4 members (excludes halogenated alkanes) is 3. The molecule has 1 N–H and O–H groups in total. The van der Waals surface area contributed by atoms with Gasteiger partial charge in [0.25, 0.3) is 5.78 Å². The van der Waals surface area contributed by atoms with Crippen LogP contribution in [0.2, 0.25) is 0 Å². The number of fused-ring (bicyclic) bond motifs is 2. The third-order valence-electron chi connectivity index (χ3n) is 7.57. The molecule has 9 heteroatoms. The summed E-state index contributed by atoms with van der Waals surface area (Å²) in [6.07, 6.45) is 6.21. The molecule has 1 unspecified atom stereocenters. The zero-order chi connectivity index (χ0) is 29.4. The first-order valence-electron chi connectivity index (χ1n) is 14.2. The number of Topliss-reactive ketones (excluding diaryl/α,β-unsaturated/α-hetero) is 1. The fourth-order valence-electron chi connectivity index (χ4n) is 5.46. The summed E-state index contributed by atoms with van der Waals surface area (Å²) < 4.78 is 8.58. The van der Waals surface area contributed by atoms with Gasteiger partial charge in [0, 0.05) is 6.20 Å². The number of imidazole rings is 1. The topological polar surface area (TPSA) is 97.0 Å². The second-order valence-electron chi connectivity index (χ2n) is 10.6. The number of benzene rings is 2. The van der Waals surface area contributed by atoms with Crippen molar-refractivity contribution in [2.45, 2.75) is 52.5 Å². The minimum absolute atomic E-state index is 0.00239. The molecule has 8 nitrogen and oxygen atoms in total. The van der Waals surface area contributed by atoms with Crippen LogP contribution in [0.15, 0.2) is 72.4 Å². The lowest BCUT2D eigenvalue weighted by Crippen LogP contribution is -2.29. The Labute approximate surface area is 247 Å². The number of hydrogen-bond donors (Lipinski definition) is 1. The van der Waals surface area contributed by atoms with Gasteiger partial charge in [-0.25, -0.2) is 9.97 Å². The molecule has 0 radical (unpaired) electrons. The van der Waals surface area contributed by atoms with Gasteiger partial charge in [0.15, 0.2) is 10.9 Å². The number of thiazole rings is 1. The van der Waals surface area contributed by atoms with E-state index in [9.17, 15) is 14.7 Å². The van der Waals surface area contributed by atoms with Crippen molar-refractivity contribution in [2.75, 3.05) is 11.5 Å². The quantitative estimate of drug-likeness (QED) is 0.0861. The predicted molar refractivity (Wildman–Crippen MR) is 165 cm³/mol. The van der Waals surface area contributed by atoms with Gasteiger partial charge < -0.3 is 9.84 Å². The number of aliphatic hydroxyl groups is 1. The summed E-state index contributed by atoms with van der Waals surface area (Å²) in [7, 11) is 0. The molecular weight excluding hydrogens is 548 g/mol. The number of rotatable bonds is 9. The number of aryl methyl sites for hydroxylation is 2. The van der Waals surface area contributed by atoms with Crippen LogP contribution in [-0.2, 0) is 9.59 Å². The molecule has 3 aromatic heterocycles. The summed E-state index contributed by atoms with van der Waals surface area (Å²) in [5.41, 5.74) is 4.03. The van der Waals surface area contributed by atoms with E-state index in [4.69, 9.17) is 9.72 Å². The third kappa shape index (κ3) is 4.94. The van der Waals surface area contributed by atoms with Crippen molar-refractivity contribution < 1.29 is 19.4 Å². The lowest BCUT2D eigenvalue weighted by Gasteiger charge is -2.23. The van der Waals surface area contributed by atoms with Gasteiger partial charge in [-0.2, -0.15) is 0 Å². The molecule has 1 fully saturated rings. The summed E-state index contributed by atoms with van der Waals surface area (Å²) in [6.45, 7) is 6.57. The molecule has 1 aliphatic rings. The summed E-state index contributed by atoms with van der Waals surface area (Å²) in [5, 5.41) is 12.2. The SMILES string of the molecule is CCCCCCOc1ccc(C2/C(=C(\O)c3c(C)nc4ccccn34)C(=O)C(=O)N2c2nc3ccc(C)cc3s2)cc1. The zero-order valence-corrected chi connectivity index (χ0v) is 24.6. The number of carbonyl (C=O) groups excluding carboxylic acids is 2. The summed E-state index contributed by atoms with van der Waals surface area (Å²) in [6, 6.07) is 17.9. The first kappa shape index (κ1) is 27.7. The van der Waals surface area contributed by atoms with E-state index in [1.54, 1.807) is 17.5 Å². The molecule has 0 aliphatic carbocycles. The second kappa shape index (κ2) is 11.4. The highest BCUT2D eigenvalue weighted by molar-refractivity contribution is 7.22. The second-order valence-corrected chi connectivity index (χ2v) is 11.6. The Hall–Kier alpha value is -4.50. The average molecular weight is 581 g/mol. The molecule has 42 heavy (non-hydrogen) atoms. The van der Waals surface area contributed by atoms with Crippen molar-refractivity contribution in [1.29, 1.82) is 0 Å². The van der Waals surface area contributed by atoms with Crippen LogP contribution in [0, 0.1) is 13.8 Å². The molecular formula is C33H32N4O4S. The van der Waals surface area contributed by atoms with Gasteiger partial charge in [-0.05, 0) is 67.8 Å². The number of amides is 1. The number of hydrogen-bond acceptors (Lipinski definition) is 7. The van der Waals surface area contributed by atoms with E-state index in [0.717, 1.165) is 35.0 Å². The summed E-state index contributed by atoms with van der Waals surface area (Å²) >= 11 is 1.35. The van der Waals surface area contributed by atoms with Gasteiger partial charge in [-0.15, -0.1) is 0 Å². The normalized spacial score (nSPS) is 16.6. The van der Waals surface area contributed by atoms with Crippen molar-refractivity contribution >= 4 is 49.8 Å². The number of anilines is 1. The van der Waals surface area contributed by atoms with E-state index in [2.05, 4.69) is 11.9 Å². The van der Waals surface area contributed by atoms with E-state index in [1.165, 1.54) is 22.7 Å². The average Bonchev–Trinajstić information content (AvgIpc) is 3.63. The Bertz CT molecular complexity index is 1840. The molecule has 0 spiro atoms. The largest absolute Gasteiger partial charge is 0.505 e. The van der Waals surface area contributed by atoms with Crippen LogP contribution in [0.3, 0.4) is 0 Å². The minimum Gasteiger partial charge on any atom is -0.505 e. The lowest BCUT2D eigenvalue weighted by molar-refractivity contribution is -0.132. The fourth-order valence-corrected chi connectivity index (χ4v) is 6.55. The van der Waals surface area contributed by atoms with E-state index in [0.29, 0.717) is 40.1 Å². The van der Waals surface area contributed by atoms with Crippen LogP contribution < -0.4 is 9.64 Å². The Morgan fingerprint density at radius 1 is 1.00 bits per heavy atom. The summed E-state index contributed by atoms with van der Waals surface area (Å²) in [4.78, 5) is 38.1. The van der Waals surface area contributed by atoms with Gasteiger partial charge in [0.2, 0.25) is 0 Å². The first-order chi connectivity index (χ1) is 20.4. The lowest BCUT2D eigenvalue weighted by atomic mass is 9.96. The number of ketones is 1. The maximum absolute atomic E-state index is 13.7. The minimum atomic E-state index is -0.890. The Balaban J connectivity index is 1.46. The number of pyridine rings is 1. The Morgan fingerprint density at radius 3 is 2.60 bits per heavy atom. The van der Waals surface area contributed by atoms with Crippen LogP contribution in [0.25, 0.3) is 21.6 Å². The molecule has 214 valence electrons. The Morgan fingerprint density at radius 2 is 1.81 bits per heavy atom. The van der Waals surface area contributed by atoms with Gasteiger partial charge in [0.1, 0.15) is 17.1 Å². The molecule has 1 aliphatic heterocycles. The molecule has 5 aromatic rings. The molecule has 0 saturated carbocycles. The van der Waals surface area contributed by atoms with E-state index in [1.807, 2.05) is 67.6 Å². The van der Waals surface area contributed by atoms with Gasteiger partial charge in [-0.1, -0.05) is 61.8 Å². The highest BCUT2D eigenvalue weighted by atomic mass is 32.1. The smallest absolute Gasteiger partial charge is 0.301 e. The van der Waals surface area contributed by atoms with E-state index >= 15 is 0 Å². The molecule has 4 heterocycles. The number of aliphatic hydroxyl groups excluding tert-OH is 1. The van der Waals surface area contributed by atoms with Crippen molar-refractivity contribution in [3.05, 3.63) is 94.9 Å². The first-order valence-corrected chi connectivity index (χ1v) is 15.0. The van der Waals surface area contributed by atoms with Crippen LogP contribution in [-0.4, -0.2) is 37.8 Å². The highest BCUT2D eigenvalue weighted by Gasteiger charge is 2.48. The highest BCUT2D eigenvalue weighted by Crippen LogP contribution is 2.45. The van der Waals surface area contributed by atoms with Crippen LogP contribution >= 0.6 is 11.3 Å². The fraction of sp³-hybridized carbons (Fsp3) is 0.273. The van der Waals surface area contributed by atoms with E-state index < -0.39 is 17.7 Å². The van der Waals surface area contributed by atoms with Crippen molar-refractivity contribution in [2.24, 2.45) is 0 Å². The van der Waals surface area contributed by atoms with Crippen LogP contribution in [0.4, 0.5) is 5.13 Å². The van der Waals surface area contributed by atoms with Crippen molar-refractivity contribution in [3.8, 4) is 5.75 Å². The number of carbonyl (C=O) groups is 2. The number of ether oxygens (including phenoxy) is 1. The van der Waals surface area contributed by atoms with Gasteiger partial charge in [0.05, 0.1) is 34.1 Å². The predicted octanol–water partition coefficient (Wildman–Crippen LogP) is 7.15. The number of aromatic nitrogens is 3. The molecule has 2 aromatic carbocycles.